The van der Waals surface area contributed by atoms with E-state index in [9.17, 15) is 4.79 Å². The van der Waals surface area contributed by atoms with Crippen molar-refractivity contribution < 1.29 is 4.79 Å². The van der Waals surface area contributed by atoms with Crippen LogP contribution in [0.5, 0.6) is 0 Å². The van der Waals surface area contributed by atoms with E-state index in [4.69, 9.17) is 0 Å². The number of carbonyl (C=O) groups is 1. The maximum absolute atomic E-state index is 11.9. The third kappa shape index (κ3) is 4.33. The molecule has 0 radical (unpaired) electrons. The summed E-state index contributed by atoms with van der Waals surface area (Å²) in [6.07, 6.45) is 7.14. The third-order valence-electron chi connectivity index (χ3n) is 4.24. The van der Waals surface area contributed by atoms with Gasteiger partial charge in [0.1, 0.15) is 0 Å². The first-order chi connectivity index (χ1) is 7.94. The Labute approximate surface area is 106 Å². The number of carbonyl (C=O) groups excluding carboxylic acids is 1. The highest BCUT2D eigenvalue weighted by molar-refractivity contribution is 5.76. The van der Waals surface area contributed by atoms with Crippen LogP contribution in [-0.4, -0.2) is 12.5 Å². The number of hydrogen-bond donors (Lipinski definition) is 1. The topological polar surface area (TPSA) is 29.1 Å². The first-order valence-electron chi connectivity index (χ1n) is 7.21. The summed E-state index contributed by atoms with van der Waals surface area (Å²) in [6, 6.07) is 0. The second-order valence-electron chi connectivity index (χ2n) is 7.23. The van der Waals surface area contributed by atoms with Crippen LogP contribution in [0.3, 0.4) is 0 Å². The van der Waals surface area contributed by atoms with Crippen molar-refractivity contribution in [3.8, 4) is 0 Å². The Morgan fingerprint density at radius 3 is 2.53 bits per heavy atom. The van der Waals surface area contributed by atoms with E-state index >= 15 is 0 Å². The summed E-state index contributed by atoms with van der Waals surface area (Å²) in [6.45, 7) is 7.94. The number of rotatable bonds is 4. The van der Waals surface area contributed by atoms with Gasteiger partial charge in [0.15, 0.2) is 0 Å². The zero-order chi connectivity index (χ0) is 12.5. The summed E-state index contributed by atoms with van der Waals surface area (Å²) >= 11 is 0. The SMILES string of the molecule is C[C@@H]1C[C@H](CC(=O)NCC2CC2)CC(C)(C)C1. The van der Waals surface area contributed by atoms with Gasteiger partial charge in [-0.2, -0.15) is 0 Å². The lowest BCUT2D eigenvalue weighted by molar-refractivity contribution is -0.122. The molecular formula is C15H27NO. The van der Waals surface area contributed by atoms with E-state index in [0.29, 0.717) is 11.3 Å². The molecule has 0 bridgehead atoms. The maximum atomic E-state index is 11.9. The average Bonchev–Trinajstić information content (AvgIpc) is 2.94. The molecule has 0 saturated heterocycles. The van der Waals surface area contributed by atoms with Gasteiger partial charge < -0.3 is 5.32 Å². The lowest BCUT2D eigenvalue weighted by Gasteiger charge is -2.38. The van der Waals surface area contributed by atoms with E-state index in [1.807, 2.05) is 0 Å². The highest BCUT2D eigenvalue weighted by atomic mass is 16.1. The fraction of sp³-hybridized carbons (Fsp3) is 0.933. The highest BCUT2D eigenvalue weighted by Gasteiger charge is 2.33. The lowest BCUT2D eigenvalue weighted by Crippen LogP contribution is -2.33. The Kier molecular flexibility index (Phi) is 3.79. The van der Waals surface area contributed by atoms with Crippen molar-refractivity contribution in [3.05, 3.63) is 0 Å². The van der Waals surface area contributed by atoms with E-state index in [1.165, 1.54) is 32.1 Å². The van der Waals surface area contributed by atoms with Gasteiger partial charge in [-0.05, 0) is 55.3 Å². The van der Waals surface area contributed by atoms with Crippen LogP contribution >= 0.6 is 0 Å². The number of hydrogen-bond acceptors (Lipinski definition) is 1. The lowest BCUT2D eigenvalue weighted by atomic mass is 9.67. The fourth-order valence-electron chi connectivity index (χ4n) is 3.61. The molecule has 0 aliphatic heterocycles. The molecule has 0 aromatic heterocycles. The van der Waals surface area contributed by atoms with Crippen LogP contribution in [0, 0.1) is 23.2 Å². The molecule has 2 saturated carbocycles. The molecule has 0 aromatic rings. The molecule has 0 heterocycles. The monoisotopic (exact) mass is 237 g/mol. The summed E-state index contributed by atoms with van der Waals surface area (Å²) in [5.41, 5.74) is 0.430. The Balaban J connectivity index is 1.74. The van der Waals surface area contributed by atoms with Gasteiger partial charge in [-0.3, -0.25) is 4.79 Å². The predicted octanol–water partition coefficient (Wildman–Crippen LogP) is 3.37. The normalized spacial score (nSPS) is 32.2. The Hall–Kier alpha value is -0.530. The molecule has 1 amide bonds. The molecule has 98 valence electrons. The maximum Gasteiger partial charge on any atom is 0.220 e. The van der Waals surface area contributed by atoms with Crippen LogP contribution in [0.2, 0.25) is 0 Å². The second-order valence-corrected chi connectivity index (χ2v) is 7.23. The Morgan fingerprint density at radius 1 is 1.24 bits per heavy atom. The van der Waals surface area contributed by atoms with Gasteiger partial charge in [-0.15, -0.1) is 0 Å². The van der Waals surface area contributed by atoms with Gasteiger partial charge in [-0.25, -0.2) is 0 Å². The molecule has 2 atom stereocenters. The summed E-state index contributed by atoms with van der Waals surface area (Å²) in [7, 11) is 0. The van der Waals surface area contributed by atoms with Crippen molar-refractivity contribution >= 4 is 5.91 Å². The minimum Gasteiger partial charge on any atom is -0.356 e. The van der Waals surface area contributed by atoms with Gasteiger partial charge in [0.25, 0.3) is 0 Å². The molecule has 2 heteroatoms. The molecule has 2 aliphatic carbocycles. The molecule has 2 fully saturated rings. The average molecular weight is 237 g/mol. The van der Waals surface area contributed by atoms with Crippen LogP contribution in [0.1, 0.15) is 59.3 Å². The van der Waals surface area contributed by atoms with Crippen molar-refractivity contribution in [2.45, 2.75) is 59.3 Å². The third-order valence-corrected chi connectivity index (χ3v) is 4.24. The van der Waals surface area contributed by atoms with Crippen LogP contribution in [0.25, 0.3) is 0 Å². The van der Waals surface area contributed by atoms with Crippen LogP contribution < -0.4 is 5.32 Å². The van der Waals surface area contributed by atoms with Crippen molar-refractivity contribution in [3.63, 3.8) is 0 Å². The molecular weight excluding hydrogens is 210 g/mol. The highest BCUT2D eigenvalue weighted by Crippen LogP contribution is 2.42. The zero-order valence-corrected chi connectivity index (χ0v) is 11.6. The molecule has 2 rings (SSSR count). The van der Waals surface area contributed by atoms with Gasteiger partial charge in [-0.1, -0.05) is 20.8 Å². The summed E-state index contributed by atoms with van der Waals surface area (Å²) in [5.74, 6) is 2.46. The predicted molar refractivity (Wildman–Crippen MR) is 70.6 cm³/mol. The minimum absolute atomic E-state index is 0.284. The first kappa shape index (κ1) is 12.9. The smallest absolute Gasteiger partial charge is 0.220 e. The Morgan fingerprint density at radius 2 is 1.94 bits per heavy atom. The van der Waals surface area contributed by atoms with Crippen molar-refractivity contribution in [2.75, 3.05) is 6.54 Å². The van der Waals surface area contributed by atoms with E-state index in [1.54, 1.807) is 0 Å². The summed E-state index contributed by atoms with van der Waals surface area (Å²) < 4.78 is 0. The largest absolute Gasteiger partial charge is 0.356 e. The van der Waals surface area contributed by atoms with Gasteiger partial charge in [0.2, 0.25) is 5.91 Å². The second kappa shape index (κ2) is 4.99. The quantitative estimate of drug-likeness (QED) is 0.798. The minimum atomic E-state index is 0.284. The molecule has 0 spiro atoms. The molecule has 1 N–H and O–H groups in total. The van der Waals surface area contributed by atoms with Crippen LogP contribution in [0.15, 0.2) is 0 Å². The fourth-order valence-corrected chi connectivity index (χ4v) is 3.61. The van der Waals surface area contributed by atoms with E-state index < -0.39 is 0 Å². The number of nitrogens with one attached hydrogen (secondary N) is 1. The summed E-state index contributed by atoms with van der Waals surface area (Å²) in [5, 5.41) is 3.10. The van der Waals surface area contributed by atoms with E-state index in [0.717, 1.165) is 24.8 Å². The summed E-state index contributed by atoms with van der Waals surface area (Å²) in [4.78, 5) is 11.9. The molecule has 0 unspecified atom stereocenters. The zero-order valence-electron chi connectivity index (χ0n) is 11.6. The van der Waals surface area contributed by atoms with Crippen molar-refractivity contribution in [1.29, 1.82) is 0 Å². The van der Waals surface area contributed by atoms with Gasteiger partial charge in [0.05, 0.1) is 0 Å². The number of amides is 1. The Bertz CT molecular complexity index is 281. The van der Waals surface area contributed by atoms with Crippen molar-refractivity contribution in [2.24, 2.45) is 23.2 Å². The molecule has 0 aromatic carbocycles. The van der Waals surface area contributed by atoms with Crippen LogP contribution in [-0.2, 0) is 4.79 Å². The van der Waals surface area contributed by atoms with E-state index in [-0.39, 0.29) is 5.91 Å². The molecule has 2 aliphatic rings. The van der Waals surface area contributed by atoms with Gasteiger partial charge >= 0.3 is 0 Å². The standard InChI is InChI=1S/C15H27NO/c1-11-6-13(9-15(2,3)8-11)7-14(17)16-10-12-4-5-12/h11-13H,4-10H2,1-3H3,(H,16,17)/t11-,13-/m1/s1. The van der Waals surface area contributed by atoms with Crippen molar-refractivity contribution in [1.82, 2.24) is 5.32 Å². The molecule has 2 nitrogen and oxygen atoms in total. The van der Waals surface area contributed by atoms with Gasteiger partial charge in [0, 0.05) is 13.0 Å². The first-order valence-corrected chi connectivity index (χ1v) is 7.21. The van der Waals surface area contributed by atoms with Crippen LogP contribution in [0.4, 0.5) is 0 Å². The molecule has 17 heavy (non-hydrogen) atoms. The van der Waals surface area contributed by atoms with E-state index in [2.05, 4.69) is 26.1 Å².